The molecular weight excluding hydrogens is 356 g/mol. The summed E-state index contributed by atoms with van der Waals surface area (Å²) in [6, 6.07) is 1.14. The maximum atomic E-state index is 12.3. The Morgan fingerprint density at radius 3 is 2.84 bits per heavy atom. The van der Waals surface area contributed by atoms with Crippen LogP contribution in [0.5, 0.6) is 0 Å². The van der Waals surface area contributed by atoms with Gasteiger partial charge in [-0.2, -0.15) is 0 Å². The van der Waals surface area contributed by atoms with Crippen LogP contribution in [0.2, 0.25) is 5.15 Å². The van der Waals surface area contributed by atoms with E-state index >= 15 is 0 Å². The molecule has 1 N–H and O–H groups in total. The Kier molecular flexibility index (Phi) is 6.68. The monoisotopic (exact) mass is 370 g/mol. The van der Waals surface area contributed by atoms with Crippen LogP contribution < -0.4 is 4.72 Å². The van der Waals surface area contributed by atoms with Gasteiger partial charge in [-0.15, -0.1) is 0 Å². The molecule has 0 aliphatic heterocycles. The first kappa shape index (κ1) is 16.8. The Bertz CT molecular complexity index is 519. The fourth-order valence-electron chi connectivity index (χ4n) is 1.60. The molecule has 0 spiro atoms. The van der Waals surface area contributed by atoms with Gasteiger partial charge < -0.3 is 4.74 Å². The van der Waals surface area contributed by atoms with Crippen LogP contribution in [-0.4, -0.2) is 33.2 Å². The first-order valence-electron chi connectivity index (χ1n) is 5.73. The van der Waals surface area contributed by atoms with Crippen molar-refractivity contribution in [2.75, 3.05) is 13.7 Å². The summed E-state index contributed by atoms with van der Waals surface area (Å²) in [7, 11) is -2.18. The molecule has 108 valence electrons. The second kappa shape index (κ2) is 7.54. The number of hydrogen-bond donors (Lipinski definition) is 1. The van der Waals surface area contributed by atoms with Crippen LogP contribution in [0, 0.1) is 0 Å². The van der Waals surface area contributed by atoms with E-state index in [1.807, 2.05) is 6.92 Å². The molecule has 0 radical (unpaired) electrons. The summed E-state index contributed by atoms with van der Waals surface area (Å²) >= 11 is 9.01. The van der Waals surface area contributed by atoms with Crippen LogP contribution in [-0.2, 0) is 14.8 Å². The first-order chi connectivity index (χ1) is 8.90. The van der Waals surface area contributed by atoms with Crippen molar-refractivity contribution in [3.05, 3.63) is 21.9 Å². The van der Waals surface area contributed by atoms with Crippen molar-refractivity contribution >= 4 is 37.6 Å². The Hall–Kier alpha value is -0.210. The highest BCUT2D eigenvalue weighted by atomic mass is 79.9. The van der Waals surface area contributed by atoms with Gasteiger partial charge in [0, 0.05) is 23.8 Å². The highest BCUT2D eigenvalue weighted by Gasteiger charge is 2.23. The van der Waals surface area contributed by atoms with E-state index in [2.05, 4.69) is 25.6 Å². The van der Waals surface area contributed by atoms with Gasteiger partial charge in [0.1, 0.15) is 10.0 Å². The SMILES string of the molecule is CCCC(COC)NS(=O)(=O)c1cc(Br)cnc1Cl. The minimum Gasteiger partial charge on any atom is -0.383 e. The normalized spacial score (nSPS) is 13.5. The van der Waals surface area contributed by atoms with Gasteiger partial charge in [0.15, 0.2) is 0 Å². The molecule has 0 aromatic carbocycles. The molecule has 1 aromatic rings. The van der Waals surface area contributed by atoms with Crippen molar-refractivity contribution in [1.29, 1.82) is 0 Å². The molecule has 19 heavy (non-hydrogen) atoms. The van der Waals surface area contributed by atoms with Gasteiger partial charge in [0.2, 0.25) is 10.0 Å². The maximum Gasteiger partial charge on any atom is 0.244 e. The molecule has 0 aliphatic rings. The molecular formula is C11H16BrClN2O3S. The molecule has 5 nitrogen and oxygen atoms in total. The van der Waals surface area contributed by atoms with Crippen molar-refractivity contribution < 1.29 is 13.2 Å². The van der Waals surface area contributed by atoms with E-state index in [1.165, 1.54) is 19.4 Å². The number of halogens is 2. The third-order valence-electron chi connectivity index (χ3n) is 2.39. The molecule has 1 unspecified atom stereocenters. The Labute approximate surface area is 126 Å². The summed E-state index contributed by atoms with van der Waals surface area (Å²) in [5.74, 6) is 0. The Balaban J connectivity index is 2.99. The number of nitrogens with one attached hydrogen (secondary N) is 1. The van der Waals surface area contributed by atoms with Gasteiger partial charge in [-0.05, 0) is 28.4 Å². The zero-order chi connectivity index (χ0) is 14.5. The van der Waals surface area contributed by atoms with E-state index in [0.717, 1.165) is 6.42 Å². The van der Waals surface area contributed by atoms with E-state index in [-0.39, 0.29) is 16.1 Å². The summed E-state index contributed by atoms with van der Waals surface area (Å²) < 4.78 is 32.6. The standard InChI is InChI=1S/C11H16BrClN2O3S/c1-3-4-9(7-18-2)15-19(16,17)10-5-8(12)6-14-11(10)13/h5-6,9,15H,3-4,7H2,1-2H3. The number of methoxy groups -OCH3 is 1. The zero-order valence-electron chi connectivity index (χ0n) is 10.7. The summed E-state index contributed by atoms with van der Waals surface area (Å²) in [5.41, 5.74) is 0. The third kappa shape index (κ3) is 5.00. The quantitative estimate of drug-likeness (QED) is 0.748. The van der Waals surface area contributed by atoms with E-state index in [1.54, 1.807) is 0 Å². The molecule has 8 heteroatoms. The van der Waals surface area contributed by atoms with E-state index < -0.39 is 10.0 Å². The molecule has 1 heterocycles. The lowest BCUT2D eigenvalue weighted by Crippen LogP contribution is -2.38. The fourth-order valence-corrected chi connectivity index (χ4v) is 3.80. The summed E-state index contributed by atoms with van der Waals surface area (Å²) in [4.78, 5) is 3.77. The predicted octanol–water partition coefficient (Wildman–Crippen LogP) is 2.59. The van der Waals surface area contributed by atoms with Gasteiger partial charge in [-0.3, -0.25) is 0 Å². The number of nitrogens with zero attached hydrogens (tertiary/aromatic N) is 1. The molecule has 1 rings (SSSR count). The largest absolute Gasteiger partial charge is 0.383 e. The molecule has 0 fully saturated rings. The van der Waals surface area contributed by atoms with Gasteiger partial charge in [0.25, 0.3) is 0 Å². The van der Waals surface area contributed by atoms with E-state index in [0.29, 0.717) is 17.5 Å². The van der Waals surface area contributed by atoms with Crippen molar-refractivity contribution in [3.63, 3.8) is 0 Å². The topological polar surface area (TPSA) is 68.3 Å². The third-order valence-corrected chi connectivity index (χ3v) is 4.77. The lowest BCUT2D eigenvalue weighted by molar-refractivity contribution is 0.171. The van der Waals surface area contributed by atoms with E-state index in [4.69, 9.17) is 16.3 Å². The van der Waals surface area contributed by atoms with E-state index in [9.17, 15) is 8.42 Å². The van der Waals surface area contributed by atoms with Crippen molar-refractivity contribution in [2.24, 2.45) is 0 Å². The summed E-state index contributed by atoms with van der Waals surface area (Å²) in [6.07, 6.45) is 2.98. The van der Waals surface area contributed by atoms with Gasteiger partial charge in [-0.1, -0.05) is 24.9 Å². The second-order valence-corrected chi connectivity index (χ2v) is 6.96. The van der Waals surface area contributed by atoms with Crippen molar-refractivity contribution in [3.8, 4) is 0 Å². The fraction of sp³-hybridized carbons (Fsp3) is 0.545. The summed E-state index contributed by atoms with van der Waals surface area (Å²) in [6.45, 7) is 2.29. The van der Waals surface area contributed by atoms with Crippen LogP contribution >= 0.6 is 27.5 Å². The summed E-state index contributed by atoms with van der Waals surface area (Å²) in [5, 5.41) is -0.0524. The van der Waals surface area contributed by atoms with Crippen molar-refractivity contribution in [1.82, 2.24) is 9.71 Å². The molecule has 1 aromatic heterocycles. The van der Waals surface area contributed by atoms with Gasteiger partial charge in [0.05, 0.1) is 6.61 Å². The zero-order valence-corrected chi connectivity index (χ0v) is 13.8. The van der Waals surface area contributed by atoms with Crippen LogP contribution in [0.4, 0.5) is 0 Å². The number of pyridine rings is 1. The minimum atomic E-state index is -3.71. The van der Waals surface area contributed by atoms with Crippen LogP contribution in [0.3, 0.4) is 0 Å². The number of rotatable bonds is 7. The molecule has 0 bridgehead atoms. The predicted molar refractivity (Wildman–Crippen MR) is 77.8 cm³/mol. The number of hydrogen-bond acceptors (Lipinski definition) is 4. The lowest BCUT2D eigenvalue weighted by Gasteiger charge is -2.17. The highest BCUT2D eigenvalue weighted by Crippen LogP contribution is 2.23. The number of ether oxygens (including phenoxy) is 1. The number of sulfonamides is 1. The van der Waals surface area contributed by atoms with Gasteiger partial charge >= 0.3 is 0 Å². The van der Waals surface area contributed by atoms with Crippen LogP contribution in [0.25, 0.3) is 0 Å². The molecule has 0 amide bonds. The first-order valence-corrected chi connectivity index (χ1v) is 8.38. The van der Waals surface area contributed by atoms with Crippen LogP contribution in [0.1, 0.15) is 19.8 Å². The molecule has 0 saturated heterocycles. The highest BCUT2D eigenvalue weighted by molar-refractivity contribution is 9.10. The maximum absolute atomic E-state index is 12.3. The average molecular weight is 372 g/mol. The van der Waals surface area contributed by atoms with Gasteiger partial charge in [-0.25, -0.2) is 18.1 Å². The second-order valence-electron chi connectivity index (χ2n) is 4.00. The minimum absolute atomic E-state index is 0.0410. The molecule has 0 aliphatic carbocycles. The Morgan fingerprint density at radius 1 is 1.58 bits per heavy atom. The average Bonchev–Trinajstić information content (AvgIpc) is 2.32. The van der Waals surface area contributed by atoms with Crippen molar-refractivity contribution in [2.45, 2.75) is 30.7 Å². The van der Waals surface area contributed by atoms with Crippen LogP contribution in [0.15, 0.2) is 21.6 Å². The number of aromatic nitrogens is 1. The Morgan fingerprint density at radius 2 is 2.26 bits per heavy atom. The molecule has 1 atom stereocenters. The lowest BCUT2D eigenvalue weighted by atomic mass is 10.2. The smallest absolute Gasteiger partial charge is 0.244 e. The molecule has 0 saturated carbocycles.